The molecule has 0 radical (unpaired) electrons. The van der Waals surface area contributed by atoms with Gasteiger partial charge in [0.1, 0.15) is 17.0 Å². The number of aryl methyl sites for hydroxylation is 1. The number of hydrogen-bond donors (Lipinski definition) is 1. The third kappa shape index (κ3) is 3.68. The molecule has 0 saturated carbocycles. The van der Waals surface area contributed by atoms with Gasteiger partial charge in [-0.15, -0.1) is 5.10 Å². The Balaban J connectivity index is 1.76. The van der Waals surface area contributed by atoms with Crippen molar-refractivity contribution in [1.29, 1.82) is 0 Å². The van der Waals surface area contributed by atoms with E-state index < -0.39 is 10.0 Å². The molecule has 0 bridgehead atoms. The molecule has 1 N–H and O–H groups in total. The molecular weight excluding hydrogens is 347 g/mol. The fraction of sp³-hybridized carbons (Fsp3) is 0.267. The molecule has 0 amide bonds. The van der Waals surface area contributed by atoms with Gasteiger partial charge in [0.15, 0.2) is 0 Å². The summed E-state index contributed by atoms with van der Waals surface area (Å²) in [6.45, 7) is 4.49. The molecule has 3 rings (SSSR count). The lowest BCUT2D eigenvalue weighted by atomic mass is 10.2. The van der Waals surface area contributed by atoms with Crippen LogP contribution in [0.4, 0.5) is 10.3 Å². The van der Waals surface area contributed by atoms with Gasteiger partial charge in [0.2, 0.25) is 0 Å². The van der Waals surface area contributed by atoms with Crippen molar-refractivity contribution in [3.8, 4) is 0 Å². The highest BCUT2D eigenvalue weighted by Crippen LogP contribution is 2.17. The first kappa shape index (κ1) is 17.1. The van der Waals surface area contributed by atoms with Crippen LogP contribution in [0.1, 0.15) is 18.2 Å². The first-order valence-corrected chi connectivity index (χ1v) is 9.06. The maximum absolute atomic E-state index is 12.9. The molecule has 25 heavy (non-hydrogen) atoms. The molecule has 0 unspecified atom stereocenters. The smallest absolute Gasteiger partial charge is 0.267 e. The summed E-state index contributed by atoms with van der Waals surface area (Å²) < 4.78 is 43.2. The zero-order valence-electron chi connectivity index (χ0n) is 13.7. The molecule has 0 aliphatic carbocycles. The minimum absolute atomic E-state index is 0.0363. The van der Waals surface area contributed by atoms with Crippen molar-refractivity contribution in [2.75, 3.05) is 4.72 Å². The van der Waals surface area contributed by atoms with Crippen LogP contribution in [0.25, 0.3) is 0 Å². The van der Waals surface area contributed by atoms with Gasteiger partial charge in [-0.1, -0.05) is 12.1 Å². The summed E-state index contributed by atoms with van der Waals surface area (Å²) in [5.74, 6) is -0.357. The van der Waals surface area contributed by atoms with Crippen LogP contribution in [0.5, 0.6) is 0 Å². The van der Waals surface area contributed by atoms with Crippen molar-refractivity contribution in [2.45, 2.75) is 31.8 Å². The van der Waals surface area contributed by atoms with Crippen molar-refractivity contribution in [1.82, 2.24) is 24.5 Å². The van der Waals surface area contributed by atoms with Crippen LogP contribution in [0.2, 0.25) is 0 Å². The van der Waals surface area contributed by atoms with Crippen LogP contribution in [0, 0.1) is 12.7 Å². The van der Waals surface area contributed by atoms with Crippen LogP contribution >= 0.6 is 0 Å². The average Bonchev–Trinajstić information content (AvgIpc) is 3.15. The third-order valence-corrected chi connectivity index (χ3v) is 5.10. The molecule has 3 aromatic rings. The molecule has 132 valence electrons. The number of aromatic nitrogens is 5. The fourth-order valence-electron chi connectivity index (χ4n) is 2.38. The lowest BCUT2D eigenvalue weighted by Crippen LogP contribution is -2.15. The van der Waals surface area contributed by atoms with E-state index >= 15 is 0 Å². The quantitative estimate of drug-likeness (QED) is 0.720. The number of nitrogens with one attached hydrogen (secondary N) is 1. The van der Waals surface area contributed by atoms with E-state index in [1.54, 1.807) is 23.7 Å². The summed E-state index contributed by atoms with van der Waals surface area (Å²) in [5, 5.41) is 8.12. The summed E-state index contributed by atoms with van der Waals surface area (Å²) >= 11 is 0. The third-order valence-electron chi connectivity index (χ3n) is 3.67. The van der Waals surface area contributed by atoms with E-state index in [0.29, 0.717) is 18.8 Å². The second-order valence-electron chi connectivity index (χ2n) is 5.41. The normalized spacial score (nSPS) is 11.6. The number of anilines is 1. The van der Waals surface area contributed by atoms with E-state index in [2.05, 4.69) is 19.9 Å². The van der Waals surface area contributed by atoms with E-state index in [0.717, 1.165) is 5.56 Å². The van der Waals surface area contributed by atoms with Gasteiger partial charge in [-0.3, -0.25) is 4.68 Å². The average molecular weight is 364 g/mol. The van der Waals surface area contributed by atoms with Gasteiger partial charge in [-0.2, -0.15) is 10.1 Å². The maximum Gasteiger partial charge on any atom is 0.267 e. The van der Waals surface area contributed by atoms with Gasteiger partial charge in [0, 0.05) is 6.54 Å². The van der Waals surface area contributed by atoms with Crippen molar-refractivity contribution >= 4 is 16.0 Å². The van der Waals surface area contributed by atoms with Gasteiger partial charge >= 0.3 is 0 Å². The summed E-state index contributed by atoms with van der Waals surface area (Å²) in [4.78, 5) is 4.04. The molecule has 2 aromatic heterocycles. The number of nitrogens with zero attached hydrogens (tertiary/aromatic N) is 5. The minimum Gasteiger partial charge on any atom is -0.269 e. The van der Waals surface area contributed by atoms with E-state index in [4.69, 9.17) is 0 Å². The van der Waals surface area contributed by atoms with Crippen molar-refractivity contribution < 1.29 is 12.8 Å². The standard InChI is InChI=1S/C15H17FN6O2S/c1-3-22-11(2)14(8-18-22)25(23,24)20-15-17-10-21(19-15)9-12-4-6-13(16)7-5-12/h4-8,10H,3,9H2,1-2H3,(H,19,20). The monoisotopic (exact) mass is 364 g/mol. The number of benzene rings is 1. The van der Waals surface area contributed by atoms with E-state index in [-0.39, 0.29) is 16.7 Å². The topological polar surface area (TPSA) is 94.7 Å². The second-order valence-corrected chi connectivity index (χ2v) is 7.06. The molecule has 8 nitrogen and oxygen atoms in total. The Morgan fingerprint density at radius 1 is 1.24 bits per heavy atom. The van der Waals surface area contributed by atoms with Crippen molar-refractivity contribution in [3.63, 3.8) is 0 Å². The maximum atomic E-state index is 12.9. The first-order chi connectivity index (χ1) is 11.9. The largest absolute Gasteiger partial charge is 0.269 e. The number of halogens is 1. The van der Waals surface area contributed by atoms with Gasteiger partial charge in [-0.25, -0.2) is 22.2 Å². The predicted octanol–water partition coefficient (Wildman–Crippen LogP) is 1.79. The van der Waals surface area contributed by atoms with E-state index in [1.165, 1.54) is 29.3 Å². The summed E-state index contributed by atoms with van der Waals surface area (Å²) in [5.41, 5.74) is 1.36. The highest BCUT2D eigenvalue weighted by Gasteiger charge is 2.22. The number of sulfonamides is 1. The van der Waals surface area contributed by atoms with Crippen LogP contribution in [-0.2, 0) is 23.1 Å². The number of rotatable bonds is 6. The Morgan fingerprint density at radius 3 is 2.60 bits per heavy atom. The Hall–Kier alpha value is -2.75. The van der Waals surface area contributed by atoms with Crippen LogP contribution in [0.3, 0.4) is 0 Å². The molecule has 0 aliphatic heterocycles. The first-order valence-electron chi connectivity index (χ1n) is 7.58. The highest BCUT2D eigenvalue weighted by molar-refractivity contribution is 7.92. The van der Waals surface area contributed by atoms with Gasteiger partial charge < -0.3 is 0 Å². The highest BCUT2D eigenvalue weighted by atomic mass is 32.2. The number of hydrogen-bond acceptors (Lipinski definition) is 5. The molecule has 0 spiro atoms. The molecule has 0 aliphatic rings. The van der Waals surface area contributed by atoms with Crippen LogP contribution in [0.15, 0.2) is 41.7 Å². The van der Waals surface area contributed by atoms with Gasteiger partial charge in [0.25, 0.3) is 16.0 Å². The van der Waals surface area contributed by atoms with E-state index in [1.807, 2.05) is 6.92 Å². The zero-order chi connectivity index (χ0) is 18.0. The summed E-state index contributed by atoms with van der Waals surface area (Å²) in [7, 11) is -3.82. The Kier molecular flexibility index (Phi) is 4.53. The van der Waals surface area contributed by atoms with Crippen LogP contribution < -0.4 is 4.72 Å². The lowest BCUT2D eigenvalue weighted by molar-refractivity contribution is 0.597. The van der Waals surface area contributed by atoms with Crippen molar-refractivity contribution in [3.05, 3.63) is 53.9 Å². The Bertz CT molecular complexity index is 978. The van der Waals surface area contributed by atoms with Crippen LogP contribution in [-0.4, -0.2) is 33.0 Å². The summed E-state index contributed by atoms with van der Waals surface area (Å²) in [6, 6.07) is 5.96. The summed E-state index contributed by atoms with van der Waals surface area (Å²) in [6.07, 6.45) is 2.71. The predicted molar refractivity (Wildman–Crippen MR) is 89.0 cm³/mol. The Labute approximate surface area is 144 Å². The molecule has 2 heterocycles. The molecule has 0 atom stereocenters. The zero-order valence-corrected chi connectivity index (χ0v) is 14.5. The SMILES string of the molecule is CCn1ncc(S(=O)(=O)Nc2ncn(Cc3ccc(F)cc3)n2)c1C. The minimum atomic E-state index is -3.82. The van der Waals surface area contributed by atoms with Crippen molar-refractivity contribution in [2.24, 2.45) is 0 Å². The van der Waals surface area contributed by atoms with Gasteiger partial charge in [-0.05, 0) is 31.5 Å². The lowest BCUT2D eigenvalue weighted by Gasteiger charge is -2.05. The fourth-order valence-corrected chi connectivity index (χ4v) is 3.51. The van der Waals surface area contributed by atoms with Gasteiger partial charge in [0.05, 0.1) is 18.4 Å². The molecule has 0 saturated heterocycles. The molecule has 0 fully saturated rings. The second kappa shape index (κ2) is 6.63. The molecule has 10 heteroatoms. The molecule has 1 aromatic carbocycles. The Morgan fingerprint density at radius 2 is 1.96 bits per heavy atom. The van der Waals surface area contributed by atoms with E-state index in [9.17, 15) is 12.8 Å². The molecular formula is C15H17FN6O2S.